The van der Waals surface area contributed by atoms with Crippen LogP contribution in [-0.2, 0) is 22.9 Å². The van der Waals surface area contributed by atoms with Gasteiger partial charge in [-0.3, -0.25) is 14.3 Å². The maximum absolute atomic E-state index is 13.9. The van der Waals surface area contributed by atoms with Crippen LogP contribution in [0.4, 0.5) is 4.39 Å². The number of nitrogens with zero attached hydrogens (tertiary/aromatic N) is 3. The third-order valence-electron chi connectivity index (χ3n) is 9.03. The van der Waals surface area contributed by atoms with Crippen molar-refractivity contribution < 1.29 is 33.7 Å². The van der Waals surface area contributed by atoms with Crippen molar-refractivity contribution in [2.45, 2.75) is 63.1 Å². The van der Waals surface area contributed by atoms with E-state index in [1.807, 2.05) is 6.20 Å². The molecule has 0 radical (unpaired) electrons. The van der Waals surface area contributed by atoms with Crippen molar-refractivity contribution in [2.75, 3.05) is 20.3 Å². The number of amides is 1. The zero-order chi connectivity index (χ0) is 33.0. The topological polar surface area (TPSA) is 136 Å². The van der Waals surface area contributed by atoms with E-state index in [0.717, 1.165) is 18.2 Å². The predicted octanol–water partition coefficient (Wildman–Crippen LogP) is 4.58. The Morgan fingerprint density at radius 1 is 1.17 bits per heavy atom. The molecule has 0 spiro atoms. The Balaban J connectivity index is 1.38. The molecule has 6 rings (SSSR count). The maximum atomic E-state index is 13.9. The number of fused-ring (bicyclic) bond motifs is 2. The quantitative estimate of drug-likeness (QED) is 0.205. The van der Waals surface area contributed by atoms with Gasteiger partial charge in [-0.1, -0.05) is 0 Å². The van der Waals surface area contributed by atoms with E-state index in [0.29, 0.717) is 45.1 Å². The summed E-state index contributed by atoms with van der Waals surface area (Å²) in [5.74, 6) is -0.197. The molecule has 4 aromatic rings. The molecule has 0 saturated heterocycles. The molecule has 2 aromatic heterocycles. The number of methoxy groups -OCH3 is 1. The molecular formula is C35H39FN4O6. The lowest BCUT2D eigenvalue weighted by Gasteiger charge is -2.30. The molecule has 3 heterocycles. The first kappa shape index (κ1) is 31.6. The van der Waals surface area contributed by atoms with Crippen LogP contribution in [0, 0.1) is 11.7 Å². The molecule has 1 aliphatic carbocycles. The van der Waals surface area contributed by atoms with Gasteiger partial charge in [-0.2, -0.15) is 5.10 Å². The number of aliphatic hydroxyl groups is 2. The zero-order valence-electron chi connectivity index (χ0n) is 26.7. The molecule has 2 aromatic carbocycles. The SMILES string of the molecule is COc1cc(C(=O)CC[C@](O)(c2cc3c(c(-c4ccc(F)cc4)n2)OC[C@]3(C)C(=O)NCC(C)(C)O)C2CC2)cc2cn(C)nc12. The third-order valence-corrected chi connectivity index (χ3v) is 9.03. The Hall–Kier alpha value is -4.35. The summed E-state index contributed by atoms with van der Waals surface area (Å²) in [5.41, 5.74) is -0.859. The number of nitrogens with one attached hydrogen (secondary N) is 1. The predicted molar refractivity (Wildman–Crippen MR) is 169 cm³/mol. The molecule has 11 heteroatoms. The standard InChI is InChI=1S/C35H39FN4O6/c1-33(2,43)18-37-32(42)34(3)19-46-31-25(34)16-28(38-30(31)20-6-10-24(36)11-7-20)35(44,23-8-9-23)13-12-26(41)21-14-22-17-40(4)39-29(22)27(15-21)45-5/h6-7,10-11,14-17,23,43-44H,8-9,12-13,18-19H2,1-5H3,(H,37,42)/t34-,35+/m0/s1. The summed E-state index contributed by atoms with van der Waals surface area (Å²) < 4.78 is 27.2. The van der Waals surface area contributed by atoms with Crippen molar-refractivity contribution in [2.24, 2.45) is 13.0 Å². The Labute approximate surface area is 266 Å². The summed E-state index contributed by atoms with van der Waals surface area (Å²) >= 11 is 0. The molecule has 1 fully saturated rings. The smallest absolute Gasteiger partial charge is 0.234 e. The minimum atomic E-state index is -1.48. The van der Waals surface area contributed by atoms with Gasteiger partial charge in [0.2, 0.25) is 5.91 Å². The van der Waals surface area contributed by atoms with Gasteiger partial charge in [0.1, 0.15) is 46.1 Å². The molecule has 0 bridgehead atoms. The van der Waals surface area contributed by atoms with E-state index in [2.05, 4.69) is 10.4 Å². The van der Waals surface area contributed by atoms with E-state index in [9.17, 15) is 24.2 Å². The Kier molecular flexibility index (Phi) is 7.88. The Morgan fingerprint density at radius 2 is 1.89 bits per heavy atom. The number of pyridine rings is 1. The van der Waals surface area contributed by atoms with Crippen LogP contribution in [0.5, 0.6) is 11.5 Å². The van der Waals surface area contributed by atoms with E-state index in [1.54, 1.807) is 62.8 Å². The van der Waals surface area contributed by atoms with Gasteiger partial charge in [-0.15, -0.1) is 0 Å². The first-order chi connectivity index (χ1) is 21.7. The van der Waals surface area contributed by atoms with Gasteiger partial charge in [0, 0.05) is 48.3 Å². The number of ketones is 1. The Bertz CT molecular complexity index is 1830. The van der Waals surface area contributed by atoms with Gasteiger partial charge in [0.25, 0.3) is 0 Å². The molecule has 3 N–H and O–H groups in total. The summed E-state index contributed by atoms with van der Waals surface area (Å²) in [4.78, 5) is 32.1. The van der Waals surface area contributed by atoms with Crippen molar-refractivity contribution in [1.82, 2.24) is 20.1 Å². The molecule has 1 aliphatic heterocycles. The second-order valence-corrected chi connectivity index (χ2v) is 13.4. The number of carbonyl (C=O) groups excluding carboxylic acids is 2. The average Bonchev–Trinajstić information content (AvgIpc) is 3.73. The second kappa shape index (κ2) is 11.5. The van der Waals surface area contributed by atoms with Crippen LogP contribution in [0.1, 0.15) is 68.1 Å². The number of hydrogen-bond acceptors (Lipinski definition) is 8. The van der Waals surface area contributed by atoms with E-state index >= 15 is 0 Å². The van der Waals surface area contributed by atoms with Crippen LogP contribution in [0.2, 0.25) is 0 Å². The number of halogens is 1. The van der Waals surface area contributed by atoms with Crippen LogP contribution < -0.4 is 14.8 Å². The minimum absolute atomic E-state index is 0.0123. The minimum Gasteiger partial charge on any atom is -0.494 e. The fraction of sp³-hybridized carbons (Fsp3) is 0.429. The molecule has 0 unspecified atom stereocenters. The number of aryl methyl sites for hydroxylation is 1. The van der Waals surface area contributed by atoms with Crippen LogP contribution in [0.25, 0.3) is 22.2 Å². The normalized spacial score (nSPS) is 19.0. The fourth-order valence-corrected chi connectivity index (χ4v) is 6.18. The van der Waals surface area contributed by atoms with Crippen LogP contribution in [-0.4, -0.2) is 62.5 Å². The van der Waals surface area contributed by atoms with Gasteiger partial charge in [0.15, 0.2) is 5.78 Å². The highest BCUT2D eigenvalue weighted by atomic mass is 19.1. The summed E-state index contributed by atoms with van der Waals surface area (Å²) in [7, 11) is 3.33. The van der Waals surface area contributed by atoms with Crippen LogP contribution >= 0.6 is 0 Å². The molecule has 2 aliphatic rings. The highest BCUT2D eigenvalue weighted by Gasteiger charge is 2.50. The highest BCUT2D eigenvalue weighted by Crippen LogP contribution is 2.52. The van der Waals surface area contributed by atoms with Gasteiger partial charge < -0.3 is 25.0 Å². The average molecular weight is 631 g/mol. The van der Waals surface area contributed by atoms with Crippen LogP contribution in [0.15, 0.2) is 48.7 Å². The largest absolute Gasteiger partial charge is 0.494 e. The third kappa shape index (κ3) is 5.85. The molecule has 10 nitrogen and oxygen atoms in total. The number of aromatic nitrogens is 3. The number of carbonyl (C=O) groups is 2. The van der Waals surface area contributed by atoms with Crippen molar-refractivity contribution in [3.05, 3.63) is 71.3 Å². The molecule has 1 saturated carbocycles. The summed E-state index contributed by atoms with van der Waals surface area (Å²) in [5, 5.41) is 30.6. The van der Waals surface area contributed by atoms with Gasteiger partial charge in [-0.05, 0) is 88.4 Å². The van der Waals surface area contributed by atoms with Crippen LogP contribution in [0.3, 0.4) is 0 Å². The lowest BCUT2D eigenvalue weighted by molar-refractivity contribution is -0.127. The number of Topliss-reactive ketones (excluding diaryl/α,β-unsaturated/α-hetero) is 1. The molecule has 46 heavy (non-hydrogen) atoms. The molecule has 1 amide bonds. The fourth-order valence-electron chi connectivity index (χ4n) is 6.18. The van der Waals surface area contributed by atoms with Crippen molar-refractivity contribution in [3.8, 4) is 22.8 Å². The first-order valence-corrected chi connectivity index (χ1v) is 15.4. The Morgan fingerprint density at radius 3 is 2.54 bits per heavy atom. The molecular weight excluding hydrogens is 591 g/mol. The summed E-state index contributed by atoms with van der Waals surface area (Å²) in [6, 6.07) is 11.0. The zero-order valence-corrected chi connectivity index (χ0v) is 26.7. The van der Waals surface area contributed by atoms with Crippen molar-refractivity contribution >= 4 is 22.6 Å². The highest BCUT2D eigenvalue weighted by molar-refractivity contribution is 6.01. The van der Waals surface area contributed by atoms with E-state index in [4.69, 9.17) is 14.5 Å². The number of benzene rings is 2. The lowest BCUT2D eigenvalue weighted by atomic mass is 9.79. The van der Waals surface area contributed by atoms with Gasteiger partial charge >= 0.3 is 0 Å². The van der Waals surface area contributed by atoms with E-state index in [1.165, 1.54) is 19.2 Å². The second-order valence-electron chi connectivity index (χ2n) is 13.4. The number of rotatable bonds is 11. The van der Waals surface area contributed by atoms with E-state index < -0.39 is 22.4 Å². The molecule has 2 atom stereocenters. The van der Waals surface area contributed by atoms with Crippen molar-refractivity contribution in [1.29, 1.82) is 0 Å². The molecule has 242 valence electrons. The first-order valence-electron chi connectivity index (χ1n) is 15.4. The van der Waals surface area contributed by atoms with Gasteiger partial charge in [0.05, 0.1) is 18.4 Å². The van der Waals surface area contributed by atoms with Gasteiger partial charge in [-0.25, -0.2) is 9.37 Å². The van der Waals surface area contributed by atoms with Crippen molar-refractivity contribution in [3.63, 3.8) is 0 Å². The van der Waals surface area contributed by atoms with E-state index in [-0.39, 0.29) is 43.6 Å². The maximum Gasteiger partial charge on any atom is 0.234 e. The number of hydrogen-bond donors (Lipinski definition) is 3. The summed E-state index contributed by atoms with van der Waals surface area (Å²) in [6.07, 6.45) is 3.46. The number of ether oxygens (including phenoxy) is 2. The summed E-state index contributed by atoms with van der Waals surface area (Å²) in [6.45, 7) is 5.00. The monoisotopic (exact) mass is 630 g/mol. The lowest BCUT2D eigenvalue weighted by Crippen LogP contribution is -2.48.